The minimum atomic E-state index is -0.215. The van der Waals surface area contributed by atoms with Crippen LogP contribution in [-0.4, -0.2) is 24.2 Å². The number of carbonyl (C=O) groups excluding carboxylic acids is 1. The Hall–Kier alpha value is -1.50. The molecule has 0 unspecified atom stereocenters. The lowest BCUT2D eigenvalue weighted by atomic mass is 10.1. The maximum Gasteiger partial charge on any atom is 0.251 e. The number of amides is 1. The summed E-state index contributed by atoms with van der Waals surface area (Å²) in [7, 11) is 0. The van der Waals surface area contributed by atoms with E-state index >= 15 is 0 Å². The van der Waals surface area contributed by atoms with E-state index in [1.807, 2.05) is 13.8 Å². The highest BCUT2D eigenvalue weighted by atomic mass is 35.5. The second kappa shape index (κ2) is 7.05. The van der Waals surface area contributed by atoms with Crippen molar-refractivity contribution in [1.82, 2.24) is 5.32 Å². The average Bonchev–Trinajstić information content (AvgIpc) is 2.34. The number of aliphatic hydroxyl groups excluding tert-OH is 1. The number of hydrogen-bond donors (Lipinski definition) is 2. The van der Waals surface area contributed by atoms with Gasteiger partial charge in [-0.2, -0.15) is 0 Å². The monoisotopic (exact) mass is 265 g/mol. The summed E-state index contributed by atoms with van der Waals surface area (Å²) in [4.78, 5) is 11.8. The topological polar surface area (TPSA) is 49.3 Å². The molecule has 0 saturated carbocycles. The van der Waals surface area contributed by atoms with Crippen LogP contribution in [0.2, 0.25) is 5.02 Å². The Morgan fingerprint density at radius 1 is 1.50 bits per heavy atom. The Morgan fingerprint density at radius 2 is 2.22 bits per heavy atom. The van der Waals surface area contributed by atoms with Crippen molar-refractivity contribution >= 4 is 17.5 Å². The summed E-state index contributed by atoms with van der Waals surface area (Å²) in [6, 6.07) is 4.93. The van der Waals surface area contributed by atoms with E-state index in [1.54, 1.807) is 18.2 Å². The third kappa shape index (κ3) is 4.40. The van der Waals surface area contributed by atoms with Crippen LogP contribution < -0.4 is 5.32 Å². The standard InChI is InChI=1S/C14H16ClNO2/c1-10(2)9-16-14(18)12-6-5-11(4-3-7-17)13(15)8-12/h5-6,8,10,17H,7,9H2,1-2H3,(H,16,18). The van der Waals surface area contributed by atoms with Gasteiger partial charge in [0.05, 0.1) is 5.02 Å². The number of aliphatic hydroxyl groups is 1. The van der Waals surface area contributed by atoms with Gasteiger partial charge >= 0.3 is 0 Å². The molecule has 0 fully saturated rings. The quantitative estimate of drug-likeness (QED) is 0.822. The summed E-state index contributed by atoms with van der Waals surface area (Å²) in [5.41, 5.74) is 1.11. The zero-order chi connectivity index (χ0) is 13.5. The zero-order valence-corrected chi connectivity index (χ0v) is 11.2. The predicted octanol–water partition coefficient (Wildman–Crippen LogP) is 2.07. The summed E-state index contributed by atoms with van der Waals surface area (Å²) >= 11 is 6.01. The summed E-state index contributed by atoms with van der Waals surface area (Å²) in [5, 5.41) is 11.8. The Bertz CT molecular complexity index is 486. The molecule has 0 aromatic heterocycles. The van der Waals surface area contributed by atoms with Crippen LogP contribution in [0.15, 0.2) is 18.2 Å². The van der Waals surface area contributed by atoms with Crippen LogP contribution in [0.3, 0.4) is 0 Å². The van der Waals surface area contributed by atoms with E-state index < -0.39 is 0 Å². The highest BCUT2D eigenvalue weighted by Gasteiger charge is 2.08. The van der Waals surface area contributed by atoms with Gasteiger partial charge in [0, 0.05) is 17.7 Å². The van der Waals surface area contributed by atoms with Crippen molar-refractivity contribution in [3.05, 3.63) is 34.3 Å². The molecular weight excluding hydrogens is 250 g/mol. The van der Waals surface area contributed by atoms with Crippen molar-refractivity contribution in [3.8, 4) is 11.8 Å². The highest BCUT2D eigenvalue weighted by Crippen LogP contribution is 2.17. The molecule has 0 heterocycles. The number of rotatable bonds is 3. The Morgan fingerprint density at radius 3 is 2.78 bits per heavy atom. The number of hydrogen-bond acceptors (Lipinski definition) is 2. The van der Waals surface area contributed by atoms with Crippen molar-refractivity contribution in [2.75, 3.05) is 13.2 Å². The van der Waals surface area contributed by atoms with Gasteiger partial charge in [-0.05, 0) is 24.1 Å². The first kappa shape index (κ1) is 14.6. The maximum atomic E-state index is 11.8. The molecule has 18 heavy (non-hydrogen) atoms. The molecule has 0 saturated heterocycles. The molecule has 3 nitrogen and oxygen atoms in total. The lowest BCUT2D eigenvalue weighted by Crippen LogP contribution is -2.27. The van der Waals surface area contributed by atoms with Crippen molar-refractivity contribution in [2.45, 2.75) is 13.8 Å². The molecule has 4 heteroatoms. The van der Waals surface area contributed by atoms with Crippen molar-refractivity contribution in [3.63, 3.8) is 0 Å². The number of carbonyl (C=O) groups is 1. The third-order valence-electron chi connectivity index (χ3n) is 2.20. The lowest BCUT2D eigenvalue weighted by Gasteiger charge is -2.08. The van der Waals surface area contributed by atoms with Gasteiger partial charge in [0.25, 0.3) is 5.91 Å². The molecular formula is C14H16ClNO2. The minimum absolute atomic E-state index is 0.146. The van der Waals surface area contributed by atoms with E-state index in [0.29, 0.717) is 28.6 Å². The van der Waals surface area contributed by atoms with Crippen LogP contribution in [0.25, 0.3) is 0 Å². The number of benzene rings is 1. The van der Waals surface area contributed by atoms with Crippen LogP contribution >= 0.6 is 11.6 Å². The fourth-order valence-electron chi connectivity index (χ4n) is 1.29. The minimum Gasteiger partial charge on any atom is -0.384 e. The lowest BCUT2D eigenvalue weighted by molar-refractivity contribution is 0.0949. The van der Waals surface area contributed by atoms with E-state index in [4.69, 9.17) is 16.7 Å². The molecule has 0 atom stereocenters. The first-order valence-electron chi connectivity index (χ1n) is 5.72. The number of halogens is 1. The van der Waals surface area contributed by atoms with Gasteiger partial charge in [0.15, 0.2) is 0 Å². The smallest absolute Gasteiger partial charge is 0.251 e. The maximum absolute atomic E-state index is 11.8. The highest BCUT2D eigenvalue weighted by molar-refractivity contribution is 6.32. The largest absolute Gasteiger partial charge is 0.384 e. The fourth-order valence-corrected chi connectivity index (χ4v) is 1.52. The molecule has 1 amide bonds. The van der Waals surface area contributed by atoms with Gasteiger partial charge in [-0.25, -0.2) is 0 Å². The van der Waals surface area contributed by atoms with Gasteiger partial charge < -0.3 is 10.4 Å². The molecule has 1 aromatic rings. The average molecular weight is 266 g/mol. The summed E-state index contributed by atoms with van der Waals surface area (Å²) in [6.45, 7) is 4.47. The van der Waals surface area contributed by atoms with Gasteiger partial charge in [0.2, 0.25) is 0 Å². The first-order valence-corrected chi connectivity index (χ1v) is 6.10. The van der Waals surface area contributed by atoms with Crippen LogP contribution in [0.5, 0.6) is 0 Å². The van der Waals surface area contributed by atoms with Crippen LogP contribution in [0.4, 0.5) is 0 Å². The molecule has 0 aliphatic carbocycles. The molecule has 2 N–H and O–H groups in total. The second-order valence-electron chi connectivity index (χ2n) is 4.26. The van der Waals surface area contributed by atoms with E-state index in [9.17, 15) is 4.79 Å². The predicted molar refractivity (Wildman–Crippen MR) is 72.6 cm³/mol. The zero-order valence-electron chi connectivity index (χ0n) is 10.5. The molecule has 96 valence electrons. The van der Waals surface area contributed by atoms with Gasteiger partial charge in [-0.3, -0.25) is 4.79 Å². The molecule has 1 aromatic carbocycles. The van der Waals surface area contributed by atoms with Crippen LogP contribution in [0, 0.1) is 17.8 Å². The SMILES string of the molecule is CC(C)CNC(=O)c1ccc(C#CCO)c(Cl)c1. The second-order valence-corrected chi connectivity index (χ2v) is 4.67. The van der Waals surface area contributed by atoms with Gasteiger partial charge in [-0.1, -0.05) is 37.3 Å². The van der Waals surface area contributed by atoms with E-state index in [0.717, 1.165) is 0 Å². The number of nitrogens with one attached hydrogen (secondary N) is 1. The van der Waals surface area contributed by atoms with E-state index in [1.165, 1.54) is 0 Å². The van der Waals surface area contributed by atoms with Crippen molar-refractivity contribution in [2.24, 2.45) is 5.92 Å². The molecule has 0 bridgehead atoms. The van der Waals surface area contributed by atoms with Crippen LogP contribution in [0.1, 0.15) is 29.8 Å². The summed E-state index contributed by atoms with van der Waals surface area (Å²) in [6.07, 6.45) is 0. The molecule has 0 spiro atoms. The van der Waals surface area contributed by atoms with E-state index in [-0.39, 0.29) is 12.5 Å². The Balaban J connectivity index is 2.80. The summed E-state index contributed by atoms with van der Waals surface area (Å²) < 4.78 is 0. The first-order chi connectivity index (χ1) is 8.54. The van der Waals surface area contributed by atoms with Crippen LogP contribution in [-0.2, 0) is 0 Å². The summed E-state index contributed by atoms with van der Waals surface area (Å²) in [5.74, 6) is 5.49. The van der Waals surface area contributed by atoms with Crippen molar-refractivity contribution in [1.29, 1.82) is 0 Å². The van der Waals surface area contributed by atoms with E-state index in [2.05, 4.69) is 17.2 Å². The molecule has 0 aliphatic heterocycles. The molecule has 0 radical (unpaired) electrons. The van der Waals surface area contributed by atoms with Crippen molar-refractivity contribution < 1.29 is 9.90 Å². The molecule has 0 aliphatic rings. The Labute approximate surface area is 112 Å². The normalized spacial score (nSPS) is 9.83. The van der Waals surface area contributed by atoms with Gasteiger partial charge in [0.1, 0.15) is 6.61 Å². The fraction of sp³-hybridized carbons (Fsp3) is 0.357. The van der Waals surface area contributed by atoms with Gasteiger partial charge in [-0.15, -0.1) is 0 Å². The molecule has 1 rings (SSSR count). The Kier molecular flexibility index (Phi) is 5.70. The third-order valence-corrected chi connectivity index (χ3v) is 2.52.